The van der Waals surface area contributed by atoms with Gasteiger partial charge in [0.05, 0.1) is 16.9 Å². The number of halogens is 1. The van der Waals surface area contributed by atoms with Crippen LogP contribution in [0.3, 0.4) is 0 Å². The molecule has 3 nitrogen and oxygen atoms in total. The molecule has 0 radical (unpaired) electrons. The van der Waals surface area contributed by atoms with Crippen LogP contribution < -0.4 is 5.73 Å². The molecule has 0 saturated heterocycles. The summed E-state index contributed by atoms with van der Waals surface area (Å²) in [4.78, 5) is 4.32. The third-order valence-electron chi connectivity index (χ3n) is 2.41. The second kappa shape index (κ2) is 4.04. The molecule has 2 rings (SSSR count). The second-order valence-electron chi connectivity index (χ2n) is 3.32. The van der Waals surface area contributed by atoms with Gasteiger partial charge in [-0.2, -0.15) is 0 Å². The van der Waals surface area contributed by atoms with Crippen LogP contribution in [0.15, 0.2) is 30.5 Å². The molecule has 0 bridgehead atoms. The topological polar surface area (TPSA) is 43.8 Å². The van der Waals surface area contributed by atoms with Crippen LogP contribution in [-0.2, 0) is 13.6 Å². The molecule has 2 aromatic rings. The standard InChI is InChI=1S/C11H12ClN3/c1-15-8(6-13)7-14-11(15)9-4-2-3-5-10(9)12/h2-5,7H,6,13H2,1H3. The number of hydrogen-bond acceptors (Lipinski definition) is 2. The van der Waals surface area contributed by atoms with Crippen LogP contribution in [0, 0.1) is 0 Å². The fourth-order valence-corrected chi connectivity index (χ4v) is 1.75. The summed E-state index contributed by atoms with van der Waals surface area (Å²) in [5.74, 6) is 0.848. The summed E-state index contributed by atoms with van der Waals surface area (Å²) in [6.45, 7) is 0.480. The lowest BCUT2D eigenvalue weighted by Crippen LogP contribution is -2.04. The van der Waals surface area contributed by atoms with Gasteiger partial charge in [-0.05, 0) is 12.1 Å². The van der Waals surface area contributed by atoms with Crippen LogP contribution in [0.5, 0.6) is 0 Å². The summed E-state index contributed by atoms with van der Waals surface area (Å²) >= 11 is 6.10. The summed E-state index contributed by atoms with van der Waals surface area (Å²) in [6.07, 6.45) is 1.78. The fraction of sp³-hybridized carbons (Fsp3) is 0.182. The van der Waals surface area contributed by atoms with Gasteiger partial charge in [0.1, 0.15) is 5.82 Å². The van der Waals surface area contributed by atoms with Crippen molar-refractivity contribution in [2.45, 2.75) is 6.54 Å². The number of rotatable bonds is 2. The smallest absolute Gasteiger partial charge is 0.141 e. The van der Waals surface area contributed by atoms with Crippen LogP contribution in [0.1, 0.15) is 5.69 Å². The lowest BCUT2D eigenvalue weighted by atomic mass is 10.2. The monoisotopic (exact) mass is 221 g/mol. The molecule has 0 unspecified atom stereocenters. The minimum absolute atomic E-state index is 0.480. The van der Waals surface area contributed by atoms with E-state index in [9.17, 15) is 0 Å². The van der Waals surface area contributed by atoms with Crippen molar-refractivity contribution < 1.29 is 0 Å². The Labute approximate surface area is 93.5 Å². The Morgan fingerprint density at radius 2 is 2.13 bits per heavy atom. The summed E-state index contributed by atoms with van der Waals surface area (Å²) in [5.41, 5.74) is 7.51. The van der Waals surface area contributed by atoms with E-state index in [4.69, 9.17) is 17.3 Å². The normalized spacial score (nSPS) is 10.6. The van der Waals surface area contributed by atoms with Gasteiger partial charge in [0.15, 0.2) is 0 Å². The first kappa shape index (κ1) is 10.2. The highest BCUT2D eigenvalue weighted by Gasteiger charge is 2.09. The zero-order valence-electron chi connectivity index (χ0n) is 8.44. The third-order valence-corrected chi connectivity index (χ3v) is 2.74. The van der Waals surface area contributed by atoms with E-state index >= 15 is 0 Å². The van der Waals surface area contributed by atoms with E-state index in [1.54, 1.807) is 6.20 Å². The third kappa shape index (κ3) is 1.76. The molecule has 2 N–H and O–H groups in total. The summed E-state index contributed by atoms with van der Waals surface area (Å²) < 4.78 is 1.96. The number of nitrogens with two attached hydrogens (primary N) is 1. The van der Waals surface area contributed by atoms with Gasteiger partial charge in [0, 0.05) is 19.2 Å². The molecular weight excluding hydrogens is 210 g/mol. The fourth-order valence-electron chi connectivity index (χ4n) is 1.53. The van der Waals surface area contributed by atoms with Crippen molar-refractivity contribution in [3.05, 3.63) is 41.2 Å². The largest absolute Gasteiger partial charge is 0.330 e. The van der Waals surface area contributed by atoms with E-state index in [1.807, 2.05) is 35.9 Å². The van der Waals surface area contributed by atoms with Crippen molar-refractivity contribution in [2.75, 3.05) is 0 Å². The molecule has 0 saturated carbocycles. The van der Waals surface area contributed by atoms with E-state index in [-0.39, 0.29) is 0 Å². The van der Waals surface area contributed by atoms with Gasteiger partial charge >= 0.3 is 0 Å². The lowest BCUT2D eigenvalue weighted by Gasteiger charge is -2.05. The summed E-state index contributed by atoms with van der Waals surface area (Å²) in [5, 5.41) is 0.703. The Bertz CT molecular complexity index is 476. The molecule has 0 amide bonds. The number of nitrogens with zero attached hydrogens (tertiary/aromatic N) is 2. The quantitative estimate of drug-likeness (QED) is 0.845. The van der Waals surface area contributed by atoms with E-state index in [2.05, 4.69) is 4.98 Å². The molecule has 1 aromatic heterocycles. The highest BCUT2D eigenvalue weighted by Crippen LogP contribution is 2.26. The molecule has 0 fully saturated rings. The van der Waals surface area contributed by atoms with Gasteiger partial charge in [-0.1, -0.05) is 23.7 Å². The highest BCUT2D eigenvalue weighted by atomic mass is 35.5. The number of imidazole rings is 1. The lowest BCUT2D eigenvalue weighted by molar-refractivity contribution is 0.828. The number of hydrogen-bond donors (Lipinski definition) is 1. The van der Waals surface area contributed by atoms with E-state index < -0.39 is 0 Å². The molecular formula is C11H12ClN3. The van der Waals surface area contributed by atoms with Crippen molar-refractivity contribution in [3.63, 3.8) is 0 Å². The highest BCUT2D eigenvalue weighted by molar-refractivity contribution is 6.33. The first-order valence-electron chi connectivity index (χ1n) is 4.69. The van der Waals surface area contributed by atoms with Gasteiger partial charge in [0.2, 0.25) is 0 Å². The maximum Gasteiger partial charge on any atom is 0.141 e. The second-order valence-corrected chi connectivity index (χ2v) is 3.72. The van der Waals surface area contributed by atoms with Gasteiger partial charge in [-0.3, -0.25) is 0 Å². The molecule has 1 aromatic carbocycles. The Balaban J connectivity index is 2.55. The minimum Gasteiger partial charge on any atom is -0.330 e. The molecule has 0 aliphatic heterocycles. The average Bonchev–Trinajstić information content (AvgIpc) is 2.60. The van der Waals surface area contributed by atoms with E-state index in [1.165, 1.54) is 0 Å². The first-order chi connectivity index (χ1) is 7.24. The van der Waals surface area contributed by atoms with E-state index in [0.717, 1.165) is 17.1 Å². The number of aromatic nitrogens is 2. The molecule has 0 aliphatic rings. The molecule has 15 heavy (non-hydrogen) atoms. The summed E-state index contributed by atoms with van der Waals surface area (Å²) in [6, 6.07) is 7.65. The van der Waals surface area contributed by atoms with Crippen molar-refractivity contribution in [3.8, 4) is 11.4 Å². The molecule has 78 valence electrons. The minimum atomic E-state index is 0.480. The van der Waals surface area contributed by atoms with Crippen LogP contribution >= 0.6 is 11.6 Å². The Morgan fingerprint density at radius 3 is 2.73 bits per heavy atom. The SMILES string of the molecule is Cn1c(CN)cnc1-c1ccccc1Cl. The predicted molar refractivity (Wildman–Crippen MR) is 61.5 cm³/mol. The van der Waals surface area contributed by atoms with Gasteiger partial charge < -0.3 is 10.3 Å². The van der Waals surface area contributed by atoms with E-state index in [0.29, 0.717) is 11.6 Å². The van der Waals surface area contributed by atoms with Crippen molar-refractivity contribution in [1.29, 1.82) is 0 Å². The number of benzene rings is 1. The zero-order valence-corrected chi connectivity index (χ0v) is 9.20. The van der Waals surface area contributed by atoms with Gasteiger partial charge in [-0.25, -0.2) is 4.98 Å². The van der Waals surface area contributed by atoms with Crippen molar-refractivity contribution in [2.24, 2.45) is 12.8 Å². The van der Waals surface area contributed by atoms with Crippen LogP contribution in [0.4, 0.5) is 0 Å². The Kier molecular flexibility index (Phi) is 2.75. The van der Waals surface area contributed by atoms with Gasteiger partial charge in [0.25, 0.3) is 0 Å². The summed E-state index contributed by atoms with van der Waals surface area (Å²) in [7, 11) is 1.94. The molecule has 1 heterocycles. The van der Waals surface area contributed by atoms with Crippen LogP contribution in [0.25, 0.3) is 11.4 Å². The molecule has 4 heteroatoms. The van der Waals surface area contributed by atoms with Crippen LogP contribution in [0.2, 0.25) is 5.02 Å². The molecule has 0 aliphatic carbocycles. The Hall–Kier alpha value is -1.32. The Morgan fingerprint density at radius 1 is 1.40 bits per heavy atom. The van der Waals surface area contributed by atoms with Gasteiger partial charge in [-0.15, -0.1) is 0 Å². The first-order valence-corrected chi connectivity index (χ1v) is 5.07. The molecule has 0 atom stereocenters. The molecule has 0 spiro atoms. The average molecular weight is 222 g/mol. The maximum absolute atomic E-state index is 6.10. The van der Waals surface area contributed by atoms with Crippen molar-refractivity contribution in [1.82, 2.24) is 9.55 Å². The zero-order chi connectivity index (χ0) is 10.8. The predicted octanol–water partition coefficient (Wildman–Crippen LogP) is 2.20. The maximum atomic E-state index is 6.10. The van der Waals surface area contributed by atoms with Crippen molar-refractivity contribution >= 4 is 11.6 Å². The van der Waals surface area contributed by atoms with Crippen LogP contribution in [-0.4, -0.2) is 9.55 Å².